The van der Waals surface area contributed by atoms with Crippen molar-refractivity contribution in [1.29, 1.82) is 0 Å². The van der Waals surface area contributed by atoms with Crippen LogP contribution in [0.5, 0.6) is 5.75 Å². The number of nitrogens with one attached hydrogen (secondary N) is 1. The Labute approximate surface area is 178 Å². The number of carbonyl (C=O) groups excluding carboxylic acids is 2. The van der Waals surface area contributed by atoms with Crippen LogP contribution in [0.2, 0.25) is 0 Å². The van der Waals surface area contributed by atoms with Gasteiger partial charge in [0.2, 0.25) is 5.91 Å². The number of benzene rings is 1. The van der Waals surface area contributed by atoms with Gasteiger partial charge in [0.05, 0.1) is 0 Å². The van der Waals surface area contributed by atoms with Crippen molar-refractivity contribution in [1.82, 2.24) is 9.88 Å². The van der Waals surface area contributed by atoms with Gasteiger partial charge in [0, 0.05) is 25.2 Å². The number of pyridine rings is 1. The molecule has 0 unspecified atom stereocenters. The van der Waals surface area contributed by atoms with Crippen molar-refractivity contribution in [3.63, 3.8) is 0 Å². The molecule has 0 spiro atoms. The average molecular weight is 423 g/mol. The Morgan fingerprint density at radius 1 is 1.10 bits per heavy atom. The molecule has 3 aromatic rings. The van der Waals surface area contributed by atoms with Gasteiger partial charge in [-0.25, -0.2) is 9.37 Å². The molecule has 3 heterocycles. The molecule has 7 nitrogen and oxygen atoms in total. The van der Waals surface area contributed by atoms with Crippen molar-refractivity contribution in [2.24, 2.45) is 5.92 Å². The van der Waals surface area contributed by atoms with E-state index in [9.17, 15) is 14.0 Å². The summed E-state index contributed by atoms with van der Waals surface area (Å²) in [7, 11) is 0. The van der Waals surface area contributed by atoms with Gasteiger partial charge in [-0.3, -0.25) is 9.59 Å². The lowest BCUT2D eigenvalue weighted by Gasteiger charge is -2.30. The Morgan fingerprint density at radius 3 is 2.58 bits per heavy atom. The number of anilines is 1. The van der Waals surface area contributed by atoms with Gasteiger partial charge in [-0.05, 0) is 61.4 Å². The molecule has 8 heteroatoms. The fourth-order valence-electron chi connectivity index (χ4n) is 3.42. The average Bonchev–Trinajstić information content (AvgIpc) is 3.28. The number of halogens is 1. The first-order valence-electron chi connectivity index (χ1n) is 10.1. The zero-order valence-corrected chi connectivity index (χ0v) is 16.8. The maximum atomic E-state index is 12.9. The van der Waals surface area contributed by atoms with Crippen molar-refractivity contribution in [2.45, 2.75) is 19.4 Å². The minimum Gasteiger partial charge on any atom is -0.486 e. The highest BCUT2D eigenvalue weighted by Gasteiger charge is 2.29. The summed E-state index contributed by atoms with van der Waals surface area (Å²) >= 11 is 0. The Balaban J connectivity index is 1.27. The van der Waals surface area contributed by atoms with Crippen molar-refractivity contribution in [3.05, 3.63) is 78.1 Å². The number of ether oxygens (including phenoxy) is 1. The van der Waals surface area contributed by atoms with E-state index in [1.807, 2.05) is 6.07 Å². The normalized spacial score (nSPS) is 14.3. The van der Waals surface area contributed by atoms with Crippen LogP contribution in [0, 0.1) is 11.7 Å². The molecule has 1 saturated heterocycles. The maximum Gasteiger partial charge on any atom is 0.289 e. The number of likely N-dealkylation sites (tertiary alicyclic amines) is 1. The summed E-state index contributed by atoms with van der Waals surface area (Å²) in [6.07, 6.45) is 2.77. The summed E-state index contributed by atoms with van der Waals surface area (Å²) in [6, 6.07) is 14.3. The number of piperidine rings is 1. The molecule has 0 saturated carbocycles. The van der Waals surface area contributed by atoms with Crippen molar-refractivity contribution >= 4 is 17.6 Å². The zero-order valence-electron chi connectivity index (χ0n) is 16.8. The molecular weight excluding hydrogens is 401 g/mol. The number of hydrogen-bond acceptors (Lipinski definition) is 5. The molecular formula is C23H22FN3O4. The summed E-state index contributed by atoms with van der Waals surface area (Å²) in [5.74, 6) is 0.972. The van der Waals surface area contributed by atoms with Crippen LogP contribution in [0.3, 0.4) is 0 Å². The van der Waals surface area contributed by atoms with Gasteiger partial charge in [0.25, 0.3) is 5.91 Å². The number of nitrogens with zero attached hydrogens (tertiary/aromatic N) is 2. The lowest BCUT2D eigenvalue weighted by Crippen LogP contribution is -2.41. The van der Waals surface area contributed by atoms with E-state index in [0.29, 0.717) is 43.3 Å². The van der Waals surface area contributed by atoms with Gasteiger partial charge in [-0.15, -0.1) is 0 Å². The predicted octanol–water partition coefficient (Wildman–Crippen LogP) is 3.88. The molecule has 1 fully saturated rings. The SMILES string of the molecule is O=C(Nc1ccccn1)C1CCN(C(=O)c2ccc(COc3ccc(F)cc3)o2)CC1. The van der Waals surface area contributed by atoms with Crippen LogP contribution < -0.4 is 10.1 Å². The predicted molar refractivity (Wildman–Crippen MR) is 111 cm³/mol. The van der Waals surface area contributed by atoms with Gasteiger partial charge >= 0.3 is 0 Å². The highest BCUT2D eigenvalue weighted by atomic mass is 19.1. The van der Waals surface area contributed by atoms with E-state index >= 15 is 0 Å². The van der Waals surface area contributed by atoms with Gasteiger partial charge in [-0.2, -0.15) is 0 Å². The largest absolute Gasteiger partial charge is 0.486 e. The van der Waals surface area contributed by atoms with Crippen LogP contribution in [0.1, 0.15) is 29.2 Å². The van der Waals surface area contributed by atoms with Gasteiger partial charge in [0.1, 0.15) is 29.8 Å². The minimum atomic E-state index is -0.337. The third-order valence-corrected chi connectivity index (χ3v) is 5.14. The molecule has 0 atom stereocenters. The number of aromatic nitrogens is 1. The first kappa shape index (κ1) is 20.6. The number of hydrogen-bond donors (Lipinski definition) is 1. The van der Waals surface area contributed by atoms with Crippen LogP contribution in [0.15, 0.2) is 65.2 Å². The number of carbonyl (C=O) groups is 2. The standard InChI is InChI=1S/C23H22FN3O4/c24-17-4-6-18(7-5-17)30-15-19-8-9-20(31-19)23(29)27-13-10-16(11-14-27)22(28)26-21-3-1-2-12-25-21/h1-9,12,16H,10-11,13-15H2,(H,25,26,28). The van der Waals surface area contributed by atoms with E-state index in [1.165, 1.54) is 24.3 Å². The smallest absolute Gasteiger partial charge is 0.289 e. The van der Waals surface area contributed by atoms with Gasteiger partial charge < -0.3 is 19.4 Å². The molecule has 31 heavy (non-hydrogen) atoms. The molecule has 1 aliphatic heterocycles. The van der Waals surface area contributed by atoms with Gasteiger partial charge in [-0.1, -0.05) is 6.07 Å². The number of furan rings is 1. The van der Waals surface area contributed by atoms with E-state index in [0.717, 1.165) is 0 Å². The first-order valence-corrected chi connectivity index (χ1v) is 10.1. The zero-order chi connectivity index (χ0) is 21.6. The molecule has 4 rings (SSSR count). The Bertz CT molecular complexity index is 1030. The monoisotopic (exact) mass is 423 g/mol. The summed E-state index contributed by atoms with van der Waals surface area (Å²) in [4.78, 5) is 30.9. The first-order chi connectivity index (χ1) is 15.1. The van der Waals surface area contributed by atoms with E-state index in [-0.39, 0.29) is 35.9 Å². The van der Waals surface area contributed by atoms with Crippen LogP contribution in [-0.2, 0) is 11.4 Å². The molecule has 0 radical (unpaired) electrons. The Morgan fingerprint density at radius 2 is 1.87 bits per heavy atom. The fourth-order valence-corrected chi connectivity index (χ4v) is 3.42. The van der Waals surface area contributed by atoms with E-state index in [2.05, 4.69) is 10.3 Å². The van der Waals surface area contributed by atoms with Crippen LogP contribution in [0.4, 0.5) is 10.2 Å². The molecule has 1 aliphatic rings. The quantitative estimate of drug-likeness (QED) is 0.650. The van der Waals surface area contributed by atoms with E-state index in [1.54, 1.807) is 35.4 Å². The van der Waals surface area contributed by atoms with E-state index < -0.39 is 0 Å². The van der Waals surface area contributed by atoms with E-state index in [4.69, 9.17) is 9.15 Å². The molecule has 2 aromatic heterocycles. The van der Waals surface area contributed by atoms with Crippen LogP contribution >= 0.6 is 0 Å². The molecule has 1 N–H and O–H groups in total. The van der Waals surface area contributed by atoms with Crippen LogP contribution in [-0.4, -0.2) is 34.8 Å². The third-order valence-electron chi connectivity index (χ3n) is 5.14. The second-order valence-corrected chi connectivity index (χ2v) is 7.28. The Kier molecular flexibility index (Phi) is 6.26. The highest BCUT2D eigenvalue weighted by Crippen LogP contribution is 2.22. The summed E-state index contributed by atoms with van der Waals surface area (Å²) < 4.78 is 24.1. The van der Waals surface area contributed by atoms with Crippen molar-refractivity contribution in [2.75, 3.05) is 18.4 Å². The number of rotatable bonds is 6. The second kappa shape index (κ2) is 9.42. The molecule has 2 amide bonds. The molecule has 160 valence electrons. The topological polar surface area (TPSA) is 84.7 Å². The maximum absolute atomic E-state index is 12.9. The summed E-state index contributed by atoms with van der Waals surface area (Å²) in [5, 5.41) is 2.81. The van der Waals surface area contributed by atoms with Crippen molar-refractivity contribution < 1.29 is 23.1 Å². The number of amides is 2. The lowest BCUT2D eigenvalue weighted by molar-refractivity contribution is -0.121. The Hall–Kier alpha value is -3.68. The highest BCUT2D eigenvalue weighted by molar-refractivity contribution is 5.93. The van der Waals surface area contributed by atoms with Gasteiger partial charge in [0.15, 0.2) is 5.76 Å². The second-order valence-electron chi connectivity index (χ2n) is 7.28. The molecule has 0 aliphatic carbocycles. The molecule has 1 aromatic carbocycles. The minimum absolute atomic E-state index is 0.0796. The third kappa shape index (κ3) is 5.28. The lowest BCUT2D eigenvalue weighted by atomic mass is 9.95. The fraction of sp³-hybridized carbons (Fsp3) is 0.261. The van der Waals surface area contributed by atoms with Crippen molar-refractivity contribution in [3.8, 4) is 5.75 Å². The van der Waals surface area contributed by atoms with Crippen LogP contribution in [0.25, 0.3) is 0 Å². The summed E-state index contributed by atoms with van der Waals surface area (Å²) in [5.41, 5.74) is 0. The molecule has 0 bridgehead atoms. The summed E-state index contributed by atoms with van der Waals surface area (Å²) in [6.45, 7) is 1.08.